The predicted molar refractivity (Wildman–Crippen MR) is 90.2 cm³/mol. The summed E-state index contributed by atoms with van der Waals surface area (Å²) in [4.78, 5) is 12.0. The van der Waals surface area contributed by atoms with Gasteiger partial charge >= 0.3 is 12.3 Å². The SMILES string of the molecule is CC[S+]([O-])NCC(NC(=O)OC(C)(C)C)c1cccc(C(F)(F)F)c1. The molecule has 2 atom stereocenters. The van der Waals surface area contributed by atoms with Crippen LogP contribution in [-0.4, -0.2) is 28.5 Å². The highest BCUT2D eigenvalue weighted by atomic mass is 32.2. The number of nitrogens with one attached hydrogen (secondary N) is 2. The van der Waals surface area contributed by atoms with E-state index in [1.165, 1.54) is 12.1 Å². The molecule has 0 saturated carbocycles. The molecule has 0 spiro atoms. The molecule has 142 valence electrons. The second-order valence-electron chi connectivity index (χ2n) is 6.30. The van der Waals surface area contributed by atoms with E-state index in [1.54, 1.807) is 27.7 Å². The Kier molecular flexibility index (Phi) is 7.58. The molecule has 0 aromatic heterocycles. The number of amides is 1. The minimum atomic E-state index is -4.49. The van der Waals surface area contributed by atoms with Crippen molar-refractivity contribution in [3.05, 3.63) is 35.4 Å². The van der Waals surface area contributed by atoms with E-state index in [-0.39, 0.29) is 12.1 Å². The van der Waals surface area contributed by atoms with Crippen molar-refractivity contribution in [2.45, 2.75) is 45.5 Å². The van der Waals surface area contributed by atoms with Gasteiger partial charge in [0.05, 0.1) is 18.2 Å². The van der Waals surface area contributed by atoms with Crippen LogP contribution in [-0.2, 0) is 22.3 Å². The van der Waals surface area contributed by atoms with Crippen LogP contribution in [0.25, 0.3) is 0 Å². The lowest BCUT2D eigenvalue weighted by atomic mass is 10.0. The smallest absolute Gasteiger partial charge is 0.416 e. The summed E-state index contributed by atoms with van der Waals surface area (Å²) in [5.74, 6) is 0.335. The van der Waals surface area contributed by atoms with E-state index in [0.717, 1.165) is 12.1 Å². The zero-order valence-corrected chi connectivity index (χ0v) is 15.4. The van der Waals surface area contributed by atoms with E-state index >= 15 is 0 Å². The van der Waals surface area contributed by atoms with Crippen LogP contribution in [0.15, 0.2) is 24.3 Å². The van der Waals surface area contributed by atoms with E-state index in [4.69, 9.17) is 4.74 Å². The first-order chi connectivity index (χ1) is 11.4. The van der Waals surface area contributed by atoms with Gasteiger partial charge in [-0.1, -0.05) is 12.1 Å². The lowest BCUT2D eigenvalue weighted by Crippen LogP contribution is -2.40. The van der Waals surface area contributed by atoms with Gasteiger partial charge in [-0.3, -0.25) is 0 Å². The van der Waals surface area contributed by atoms with Crippen molar-refractivity contribution < 1.29 is 27.3 Å². The molecule has 0 fully saturated rings. The van der Waals surface area contributed by atoms with Crippen LogP contribution >= 0.6 is 0 Å². The Labute approximate surface area is 148 Å². The van der Waals surface area contributed by atoms with Crippen LogP contribution in [0.4, 0.5) is 18.0 Å². The summed E-state index contributed by atoms with van der Waals surface area (Å²) in [7, 11) is 0. The summed E-state index contributed by atoms with van der Waals surface area (Å²) in [5.41, 5.74) is -1.33. The molecule has 1 aromatic rings. The number of hydrogen-bond donors (Lipinski definition) is 2. The van der Waals surface area contributed by atoms with Crippen LogP contribution in [0.3, 0.4) is 0 Å². The molecular formula is C16H23F3N2O3S. The second kappa shape index (κ2) is 8.77. The lowest BCUT2D eigenvalue weighted by molar-refractivity contribution is -0.137. The summed E-state index contributed by atoms with van der Waals surface area (Å²) in [5, 5.41) is 2.52. The summed E-state index contributed by atoms with van der Waals surface area (Å²) in [6.45, 7) is 6.73. The minimum absolute atomic E-state index is 0.000996. The fraction of sp³-hybridized carbons (Fsp3) is 0.562. The monoisotopic (exact) mass is 380 g/mol. The Morgan fingerprint density at radius 2 is 1.96 bits per heavy atom. The molecule has 1 aromatic carbocycles. The summed E-state index contributed by atoms with van der Waals surface area (Å²) >= 11 is -1.34. The van der Waals surface area contributed by atoms with E-state index < -0.39 is 40.8 Å². The van der Waals surface area contributed by atoms with Gasteiger partial charge in [-0.15, -0.1) is 4.72 Å². The van der Waals surface area contributed by atoms with E-state index in [1.807, 2.05) is 0 Å². The first-order valence-electron chi connectivity index (χ1n) is 7.71. The van der Waals surface area contributed by atoms with Crippen LogP contribution in [0.2, 0.25) is 0 Å². The first kappa shape index (κ1) is 21.6. The van der Waals surface area contributed by atoms with Crippen molar-refractivity contribution >= 4 is 17.5 Å². The third kappa shape index (κ3) is 7.98. The van der Waals surface area contributed by atoms with Gasteiger partial charge < -0.3 is 14.6 Å². The highest BCUT2D eigenvalue weighted by Gasteiger charge is 2.31. The average Bonchev–Trinajstić information content (AvgIpc) is 2.48. The topological polar surface area (TPSA) is 73.4 Å². The highest BCUT2D eigenvalue weighted by molar-refractivity contribution is 7.89. The third-order valence-electron chi connectivity index (χ3n) is 3.02. The molecule has 9 heteroatoms. The molecule has 0 radical (unpaired) electrons. The molecule has 25 heavy (non-hydrogen) atoms. The quantitative estimate of drug-likeness (QED) is 0.741. The molecule has 0 aliphatic carbocycles. The minimum Gasteiger partial charge on any atom is -0.598 e. The van der Waals surface area contributed by atoms with Gasteiger partial charge in [0.25, 0.3) is 0 Å². The third-order valence-corrected chi connectivity index (χ3v) is 4.03. The number of carbonyl (C=O) groups excluding carboxylic acids is 1. The maximum absolute atomic E-state index is 12.9. The van der Waals surface area contributed by atoms with Crippen molar-refractivity contribution in [2.24, 2.45) is 0 Å². The number of ether oxygens (including phenoxy) is 1. The molecular weight excluding hydrogens is 357 g/mol. The molecule has 0 heterocycles. The maximum atomic E-state index is 12.9. The molecule has 1 amide bonds. The Hall–Kier alpha value is -1.45. The number of alkyl carbamates (subject to hydrolysis) is 1. The van der Waals surface area contributed by atoms with Gasteiger partial charge in [-0.05, 0) is 45.4 Å². The molecule has 0 aliphatic heterocycles. The Morgan fingerprint density at radius 1 is 1.32 bits per heavy atom. The predicted octanol–water partition coefficient (Wildman–Crippen LogP) is 3.54. The standard InChI is InChI=1S/C16H23F3N2O3S/c1-5-25(23)20-10-13(21-14(22)24-15(2,3)4)11-7-6-8-12(9-11)16(17,18)19/h6-9,13,20H,5,10H2,1-4H3,(H,21,22). The number of benzene rings is 1. The zero-order valence-electron chi connectivity index (χ0n) is 14.6. The maximum Gasteiger partial charge on any atom is 0.416 e. The fourth-order valence-corrected chi connectivity index (χ4v) is 2.47. The van der Waals surface area contributed by atoms with E-state index in [0.29, 0.717) is 5.75 Å². The van der Waals surface area contributed by atoms with Gasteiger partial charge in [-0.2, -0.15) is 13.2 Å². The van der Waals surface area contributed by atoms with Gasteiger partial charge in [0.15, 0.2) is 0 Å². The molecule has 0 aliphatic rings. The number of rotatable bonds is 6. The van der Waals surface area contributed by atoms with Gasteiger partial charge in [0.1, 0.15) is 11.4 Å². The summed E-state index contributed by atoms with van der Waals surface area (Å²) < 4.78 is 58.1. The number of carbonyl (C=O) groups is 1. The Morgan fingerprint density at radius 3 is 2.48 bits per heavy atom. The normalized spacial score (nSPS) is 14.7. The van der Waals surface area contributed by atoms with Gasteiger partial charge in [0, 0.05) is 11.4 Å². The molecule has 0 bridgehead atoms. The fourth-order valence-electron chi connectivity index (χ4n) is 1.91. The highest BCUT2D eigenvalue weighted by Crippen LogP contribution is 2.30. The largest absolute Gasteiger partial charge is 0.598 e. The molecule has 0 saturated heterocycles. The van der Waals surface area contributed by atoms with Gasteiger partial charge in [-0.25, -0.2) is 4.79 Å². The molecule has 2 N–H and O–H groups in total. The van der Waals surface area contributed by atoms with Crippen molar-refractivity contribution in [3.63, 3.8) is 0 Å². The van der Waals surface area contributed by atoms with Crippen LogP contribution in [0.5, 0.6) is 0 Å². The molecule has 5 nitrogen and oxygen atoms in total. The van der Waals surface area contributed by atoms with E-state index in [9.17, 15) is 22.5 Å². The van der Waals surface area contributed by atoms with Crippen LogP contribution in [0, 0.1) is 0 Å². The van der Waals surface area contributed by atoms with Crippen molar-refractivity contribution in [1.29, 1.82) is 0 Å². The first-order valence-corrected chi connectivity index (χ1v) is 9.03. The summed E-state index contributed by atoms with van der Waals surface area (Å²) in [6.07, 6.45) is -5.26. The van der Waals surface area contributed by atoms with Gasteiger partial charge in [0.2, 0.25) is 0 Å². The van der Waals surface area contributed by atoms with Crippen LogP contribution < -0.4 is 10.0 Å². The van der Waals surface area contributed by atoms with Crippen molar-refractivity contribution in [3.8, 4) is 0 Å². The summed E-state index contributed by atoms with van der Waals surface area (Å²) in [6, 6.07) is 3.81. The second-order valence-corrected chi connectivity index (χ2v) is 7.86. The number of halogens is 3. The zero-order chi connectivity index (χ0) is 19.3. The van der Waals surface area contributed by atoms with Crippen molar-refractivity contribution in [2.75, 3.05) is 12.3 Å². The Balaban J connectivity index is 2.99. The van der Waals surface area contributed by atoms with Crippen molar-refractivity contribution in [1.82, 2.24) is 10.0 Å². The number of alkyl halides is 3. The average molecular weight is 380 g/mol. The van der Waals surface area contributed by atoms with Crippen LogP contribution in [0.1, 0.15) is 44.9 Å². The van der Waals surface area contributed by atoms with E-state index in [2.05, 4.69) is 10.0 Å². The molecule has 1 rings (SSSR count). The molecule has 2 unspecified atom stereocenters. The lowest BCUT2D eigenvalue weighted by Gasteiger charge is -2.24. The Bertz CT molecular complexity index is 576. The number of hydrogen-bond acceptors (Lipinski definition) is 4.